The van der Waals surface area contributed by atoms with Gasteiger partial charge >= 0.3 is 6.97 Å². The number of halogens is 2. The first-order valence-electron chi connectivity index (χ1n) is 16.5. The van der Waals surface area contributed by atoms with Crippen LogP contribution in [0.4, 0.5) is 14.4 Å². The number of nitrogens with zero attached hydrogens (tertiary/aromatic N) is 5. The van der Waals surface area contributed by atoms with E-state index in [4.69, 9.17) is 15.5 Å². The Morgan fingerprint density at radius 1 is 1.04 bits per heavy atom. The van der Waals surface area contributed by atoms with Crippen LogP contribution in [0.3, 0.4) is 0 Å². The summed E-state index contributed by atoms with van der Waals surface area (Å²) in [6.07, 6.45) is 7.27. The highest BCUT2D eigenvalue weighted by atomic mass is 19.2. The predicted octanol–water partition coefficient (Wildman–Crippen LogP) is 4.61. The lowest BCUT2D eigenvalue weighted by atomic mass is 9.90. The smallest absolute Gasteiger partial charge is 0.394 e. The maximum absolute atomic E-state index is 15.6. The summed E-state index contributed by atoms with van der Waals surface area (Å²) >= 11 is 0. The molecule has 0 spiro atoms. The van der Waals surface area contributed by atoms with Gasteiger partial charge in [-0.3, -0.25) is 9.59 Å². The molecule has 2 aliphatic heterocycles. The van der Waals surface area contributed by atoms with E-state index in [-0.39, 0.29) is 23.9 Å². The number of amides is 2. The van der Waals surface area contributed by atoms with Gasteiger partial charge in [0.05, 0.1) is 11.0 Å². The Kier molecular flexibility index (Phi) is 9.45. The minimum Gasteiger partial charge on any atom is -0.394 e. The largest absolute Gasteiger partial charge is 0.737 e. The van der Waals surface area contributed by atoms with E-state index >= 15 is 8.63 Å². The second-order valence-corrected chi connectivity index (χ2v) is 12.3. The summed E-state index contributed by atoms with van der Waals surface area (Å²) in [6, 6.07) is 9.51. The number of carbonyl (C=O) groups is 2. The molecule has 0 atom stereocenters. The van der Waals surface area contributed by atoms with Gasteiger partial charge < -0.3 is 43.3 Å². The number of pyridine rings is 1. The van der Waals surface area contributed by atoms with E-state index in [2.05, 4.69) is 15.6 Å². The van der Waals surface area contributed by atoms with Gasteiger partial charge in [-0.15, -0.1) is 0 Å². The fourth-order valence-corrected chi connectivity index (χ4v) is 6.72. The predicted molar refractivity (Wildman–Crippen MR) is 184 cm³/mol. The van der Waals surface area contributed by atoms with Crippen LogP contribution in [0, 0.1) is 13.8 Å². The number of nitrogen functional groups attached to an aromatic ring is 1. The average molecular weight is 659 g/mol. The number of fused-ring (bicyclic) bond motifs is 5. The highest BCUT2D eigenvalue weighted by molar-refractivity contribution is 6.58. The van der Waals surface area contributed by atoms with E-state index in [1.807, 2.05) is 42.7 Å². The first-order valence-corrected chi connectivity index (χ1v) is 16.5. The Morgan fingerprint density at radius 3 is 2.65 bits per heavy atom. The molecule has 4 aromatic rings. The number of allylic oxidation sites excluding steroid dienone is 2. The molecule has 6 rings (SSSR count). The van der Waals surface area contributed by atoms with Gasteiger partial charge in [0.25, 0.3) is 0 Å². The van der Waals surface area contributed by atoms with Crippen molar-refractivity contribution >= 4 is 58.3 Å². The Hall–Kier alpha value is -4.85. The van der Waals surface area contributed by atoms with Gasteiger partial charge in [0.1, 0.15) is 30.1 Å². The van der Waals surface area contributed by atoms with Crippen molar-refractivity contribution < 1.29 is 27.4 Å². The van der Waals surface area contributed by atoms with Crippen molar-refractivity contribution in [1.82, 2.24) is 29.6 Å². The van der Waals surface area contributed by atoms with Gasteiger partial charge in [-0.1, -0.05) is 24.6 Å². The van der Waals surface area contributed by atoms with Crippen LogP contribution < -0.4 is 16.4 Å². The standard InChI is InChI=1S/C34H41BF2N8O3/c1-4-48-21-29-42-32-33(26-10-7-8-11-27(26)41-34(32)38)43(29)17-16-40-30(46)12-6-5-9-15-39-31(47)20-25-14-13-24-19-28-22(2)18-23(3)44(28)35(36,37)45(24)25/h7-8,10-11,13-14,18-19H,4-6,9,12,15-17,20-21H2,1-3H3,(H2,38,41)(H,39,47)(H,40,46). The molecule has 1 aromatic carbocycles. The number of para-hydroxylation sites is 1. The normalized spacial score (nSPS) is 14.8. The number of aromatic nitrogens is 4. The Morgan fingerprint density at radius 2 is 1.83 bits per heavy atom. The second kappa shape index (κ2) is 13.7. The van der Waals surface area contributed by atoms with Crippen LogP contribution in [0.5, 0.6) is 0 Å². The molecule has 0 unspecified atom stereocenters. The van der Waals surface area contributed by atoms with Crippen molar-refractivity contribution in [3.05, 3.63) is 71.0 Å². The van der Waals surface area contributed by atoms with Gasteiger partial charge in [0, 0.05) is 62.0 Å². The van der Waals surface area contributed by atoms with Crippen LogP contribution in [-0.4, -0.2) is 67.7 Å². The van der Waals surface area contributed by atoms with E-state index in [1.54, 1.807) is 31.2 Å². The lowest BCUT2D eigenvalue weighted by molar-refractivity contribution is -0.362. The summed E-state index contributed by atoms with van der Waals surface area (Å²) in [6.45, 7) is 3.48. The molecular formula is C34H41BF2N8O3. The topological polar surface area (TPSA) is 132 Å². The van der Waals surface area contributed by atoms with Gasteiger partial charge in [-0.2, -0.15) is 0 Å². The number of hydrogen-bond donors (Lipinski definition) is 3. The van der Waals surface area contributed by atoms with E-state index in [1.165, 1.54) is 0 Å². The van der Waals surface area contributed by atoms with Crippen molar-refractivity contribution in [1.29, 1.82) is 0 Å². The third kappa shape index (κ3) is 6.36. The van der Waals surface area contributed by atoms with Crippen molar-refractivity contribution in [2.75, 3.05) is 25.4 Å². The summed E-state index contributed by atoms with van der Waals surface area (Å²) in [5.74, 6) is 0.700. The first kappa shape index (κ1) is 33.1. The fraction of sp³-hybridized carbons (Fsp3) is 0.382. The Bertz CT molecular complexity index is 1990. The SMILES string of the molecule is CCOCc1nc2c(N)nc3ccccc3c2n1CCNC(=O)CCCCCNC(=O)CC1=[N+]2C(=Cc3c(C)cc(C)n3[B-]2(F)F)C=C1. The third-order valence-corrected chi connectivity index (χ3v) is 8.94. The third-order valence-electron chi connectivity index (χ3n) is 8.94. The minimum atomic E-state index is -4.10. The van der Waals surface area contributed by atoms with Gasteiger partial charge in [0.2, 0.25) is 11.8 Å². The molecule has 0 saturated heterocycles. The Balaban J connectivity index is 0.954. The average Bonchev–Trinajstić information content (AvgIpc) is 3.72. The molecule has 0 aliphatic carbocycles. The lowest BCUT2D eigenvalue weighted by Crippen LogP contribution is -2.51. The maximum Gasteiger partial charge on any atom is 0.737 e. The highest BCUT2D eigenvalue weighted by Gasteiger charge is 2.52. The highest BCUT2D eigenvalue weighted by Crippen LogP contribution is 2.34. The molecule has 2 amide bonds. The van der Waals surface area contributed by atoms with Crippen molar-refractivity contribution in [3.63, 3.8) is 0 Å². The Labute approximate surface area is 277 Å². The summed E-state index contributed by atoms with van der Waals surface area (Å²) in [5.41, 5.74) is 11.0. The lowest BCUT2D eigenvalue weighted by Gasteiger charge is -2.30. The number of carbonyl (C=O) groups excluding carboxylic acids is 2. The molecular weight excluding hydrogens is 617 g/mol. The van der Waals surface area contributed by atoms with Crippen LogP contribution in [-0.2, 0) is 27.5 Å². The summed E-state index contributed by atoms with van der Waals surface area (Å²) in [4.78, 5) is 34.5. The number of nitrogens with one attached hydrogen (secondary N) is 2. The molecule has 3 aromatic heterocycles. The number of imidazole rings is 1. The van der Waals surface area contributed by atoms with E-state index in [0.29, 0.717) is 80.5 Å². The van der Waals surface area contributed by atoms with Gasteiger partial charge in [0.15, 0.2) is 11.5 Å². The molecule has 4 N–H and O–H groups in total. The second-order valence-electron chi connectivity index (χ2n) is 12.3. The number of benzene rings is 1. The molecule has 5 heterocycles. The molecule has 2 aliphatic rings. The van der Waals surface area contributed by atoms with Crippen LogP contribution in [0.15, 0.2) is 48.2 Å². The summed E-state index contributed by atoms with van der Waals surface area (Å²) in [7, 11) is 0. The molecule has 0 fully saturated rings. The quantitative estimate of drug-likeness (QED) is 0.134. The number of aryl methyl sites for hydroxylation is 2. The molecule has 0 radical (unpaired) electrons. The minimum absolute atomic E-state index is 0.0604. The van der Waals surface area contributed by atoms with Crippen molar-refractivity contribution in [2.24, 2.45) is 0 Å². The van der Waals surface area contributed by atoms with Gasteiger partial charge in [-0.05, 0) is 57.0 Å². The molecule has 11 nitrogen and oxygen atoms in total. The molecule has 48 heavy (non-hydrogen) atoms. The maximum atomic E-state index is 15.6. The van der Waals surface area contributed by atoms with E-state index in [9.17, 15) is 9.59 Å². The first-order chi connectivity index (χ1) is 23.1. The number of rotatable bonds is 14. The summed E-state index contributed by atoms with van der Waals surface area (Å²) < 4.78 is 41.0. The van der Waals surface area contributed by atoms with Crippen LogP contribution in [0.2, 0.25) is 0 Å². The molecule has 252 valence electrons. The number of hydrogen-bond acceptors (Lipinski definition) is 6. The number of anilines is 1. The zero-order chi connectivity index (χ0) is 34.0. The molecule has 0 saturated carbocycles. The summed E-state index contributed by atoms with van der Waals surface area (Å²) in [5, 5.41) is 6.77. The van der Waals surface area contributed by atoms with Crippen LogP contribution in [0.1, 0.15) is 61.8 Å². The zero-order valence-corrected chi connectivity index (χ0v) is 27.6. The number of nitrogens with two attached hydrogens (primary N) is 1. The molecule has 14 heteroatoms. The molecule has 0 bridgehead atoms. The number of unbranched alkanes of at least 4 members (excludes halogenated alkanes) is 2. The monoisotopic (exact) mass is 658 g/mol. The fourth-order valence-electron chi connectivity index (χ4n) is 6.72. The van der Waals surface area contributed by atoms with Crippen LogP contribution >= 0.6 is 0 Å². The van der Waals surface area contributed by atoms with E-state index < -0.39 is 6.97 Å². The van der Waals surface area contributed by atoms with Gasteiger partial charge in [-0.25, -0.2) is 9.97 Å². The zero-order valence-electron chi connectivity index (χ0n) is 27.6. The van der Waals surface area contributed by atoms with Crippen LogP contribution in [0.25, 0.3) is 28.0 Å². The number of ether oxygens (including phenoxy) is 1. The van der Waals surface area contributed by atoms with Crippen molar-refractivity contribution in [2.45, 2.75) is 66.0 Å². The van der Waals surface area contributed by atoms with Crippen molar-refractivity contribution in [3.8, 4) is 0 Å². The van der Waals surface area contributed by atoms with E-state index in [0.717, 1.165) is 43.2 Å².